The molecule has 0 aromatic heterocycles. The largest absolute Gasteiger partial charge is 0.390 e. The van der Waals surface area contributed by atoms with E-state index >= 15 is 0 Å². The van der Waals surface area contributed by atoms with E-state index in [9.17, 15) is 10.2 Å². The molecule has 2 nitrogen and oxygen atoms in total. The van der Waals surface area contributed by atoms with Gasteiger partial charge in [-0.3, -0.25) is 0 Å². The average Bonchev–Trinajstić information content (AvgIpc) is 2.02. The molecule has 0 spiro atoms. The molecular weight excluding hydrogens is 164 g/mol. The minimum Gasteiger partial charge on any atom is -0.390 e. The Hall–Kier alpha value is -0.0800. The van der Waals surface area contributed by atoms with Crippen LogP contribution in [0.2, 0.25) is 0 Å². The SMILES string of the molecule is CC(C)(O)CCC1(O)CCCCC1. The van der Waals surface area contributed by atoms with E-state index in [0.29, 0.717) is 6.42 Å². The van der Waals surface area contributed by atoms with Crippen LogP contribution in [0.15, 0.2) is 0 Å². The zero-order valence-corrected chi connectivity index (χ0v) is 8.84. The van der Waals surface area contributed by atoms with E-state index in [-0.39, 0.29) is 0 Å². The van der Waals surface area contributed by atoms with Crippen LogP contribution in [-0.4, -0.2) is 21.4 Å². The molecule has 0 bridgehead atoms. The summed E-state index contributed by atoms with van der Waals surface area (Å²) in [5.41, 5.74) is -1.11. The first-order valence-electron chi connectivity index (χ1n) is 5.36. The first-order chi connectivity index (χ1) is 5.91. The van der Waals surface area contributed by atoms with Gasteiger partial charge in [-0.15, -0.1) is 0 Å². The maximum absolute atomic E-state index is 10.1. The Balaban J connectivity index is 2.33. The fourth-order valence-electron chi connectivity index (χ4n) is 2.00. The Morgan fingerprint density at radius 3 is 2.15 bits per heavy atom. The van der Waals surface area contributed by atoms with Gasteiger partial charge in [0.25, 0.3) is 0 Å². The van der Waals surface area contributed by atoms with Gasteiger partial charge in [-0.1, -0.05) is 19.3 Å². The quantitative estimate of drug-likeness (QED) is 0.709. The van der Waals surface area contributed by atoms with Crippen molar-refractivity contribution in [1.82, 2.24) is 0 Å². The maximum Gasteiger partial charge on any atom is 0.0648 e. The van der Waals surface area contributed by atoms with Crippen molar-refractivity contribution in [3.8, 4) is 0 Å². The molecule has 0 amide bonds. The Labute approximate surface area is 81.0 Å². The fourth-order valence-corrected chi connectivity index (χ4v) is 2.00. The topological polar surface area (TPSA) is 40.5 Å². The number of hydrogen-bond donors (Lipinski definition) is 2. The standard InChI is InChI=1S/C11H22O2/c1-10(2,12)8-9-11(13)6-4-3-5-7-11/h12-13H,3-9H2,1-2H3. The second kappa shape index (κ2) is 3.97. The van der Waals surface area contributed by atoms with Crippen molar-refractivity contribution in [2.75, 3.05) is 0 Å². The van der Waals surface area contributed by atoms with Crippen LogP contribution in [0.4, 0.5) is 0 Å². The average molecular weight is 186 g/mol. The second-order valence-corrected chi connectivity index (χ2v) is 5.10. The van der Waals surface area contributed by atoms with Crippen LogP contribution in [-0.2, 0) is 0 Å². The van der Waals surface area contributed by atoms with Crippen molar-refractivity contribution in [1.29, 1.82) is 0 Å². The van der Waals surface area contributed by atoms with Gasteiger partial charge in [0, 0.05) is 0 Å². The van der Waals surface area contributed by atoms with Crippen molar-refractivity contribution in [2.24, 2.45) is 0 Å². The zero-order chi connectivity index (χ0) is 9.95. The molecule has 1 rings (SSSR count). The number of rotatable bonds is 3. The van der Waals surface area contributed by atoms with E-state index in [2.05, 4.69) is 0 Å². The molecule has 1 aliphatic carbocycles. The Morgan fingerprint density at radius 1 is 1.15 bits per heavy atom. The summed E-state index contributed by atoms with van der Waals surface area (Å²) in [5.74, 6) is 0. The summed E-state index contributed by atoms with van der Waals surface area (Å²) >= 11 is 0. The predicted molar refractivity (Wildman–Crippen MR) is 53.6 cm³/mol. The monoisotopic (exact) mass is 186 g/mol. The van der Waals surface area contributed by atoms with Gasteiger partial charge >= 0.3 is 0 Å². The van der Waals surface area contributed by atoms with E-state index in [4.69, 9.17) is 0 Å². The first-order valence-corrected chi connectivity index (χ1v) is 5.36. The minimum absolute atomic E-state index is 0.474. The highest BCUT2D eigenvalue weighted by Crippen LogP contribution is 2.33. The summed E-state index contributed by atoms with van der Waals surface area (Å²) in [6.45, 7) is 3.61. The highest BCUT2D eigenvalue weighted by atomic mass is 16.3. The third-order valence-electron chi connectivity index (χ3n) is 2.99. The van der Waals surface area contributed by atoms with Gasteiger partial charge in [0.2, 0.25) is 0 Å². The summed E-state index contributed by atoms with van der Waals surface area (Å²) in [4.78, 5) is 0. The number of aliphatic hydroxyl groups is 2. The van der Waals surface area contributed by atoms with Crippen LogP contribution < -0.4 is 0 Å². The Kier molecular flexibility index (Phi) is 3.36. The summed E-state index contributed by atoms with van der Waals surface area (Å²) < 4.78 is 0. The molecule has 0 aromatic carbocycles. The van der Waals surface area contributed by atoms with Crippen molar-refractivity contribution in [3.63, 3.8) is 0 Å². The van der Waals surface area contributed by atoms with Crippen molar-refractivity contribution in [3.05, 3.63) is 0 Å². The van der Waals surface area contributed by atoms with Crippen LogP contribution in [0.25, 0.3) is 0 Å². The minimum atomic E-state index is -0.632. The van der Waals surface area contributed by atoms with Crippen LogP contribution in [0, 0.1) is 0 Å². The molecule has 0 aromatic rings. The summed E-state index contributed by atoms with van der Waals surface area (Å²) in [6.07, 6.45) is 6.82. The maximum atomic E-state index is 10.1. The smallest absolute Gasteiger partial charge is 0.0648 e. The van der Waals surface area contributed by atoms with Gasteiger partial charge in [-0.25, -0.2) is 0 Å². The zero-order valence-electron chi connectivity index (χ0n) is 8.84. The van der Waals surface area contributed by atoms with Crippen LogP contribution in [0.1, 0.15) is 58.8 Å². The molecule has 0 radical (unpaired) electrons. The third kappa shape index (κ3) is 4.10. The highest BCUT2D eigenvalue weighted by Gasteiger charge is 2.30. The van der Waals surface area contributed by atoms with Gasteiger partial charge < -0.3 is 10.2 Å². The first kappa shape index (κ1) is 11.0. The van der Waals surface area contributed by atoms with Crippen molar-refractivity contribution < 1.29 is 10.2 Å². The van der Waals surface area contributed by atoms with Gasteiger partial charge in [-0.2, -0.15) is 0 Å². The van der Waals surface area contributed by atoms with Crippen molar-refractivity contribution >= 4 is 0 Å². The van der Waals surface area contributed by atoms with Gasteiger partial charge in [-0.05, 0) is 39.5 Å². The fraction of sp³-hybridized carbons (Fsp3) is 1.00. The van der Waals surface area contributed by atoms with Gasteiger partial charge in [0.05, 0.1) is 11.2 Å². The predicted octanol–water partition coefficient (Wildman–Crippen LogP) is 2.23. The molecule has 1 fully saturated rings. The summed E-state index contributed by atoms with van der Waals surface area (Å²) in [6, 6.07) is 0. The third-order valence-corrected chi connectivity index (χ3v) is 2.99. The van der Waals surface area contributed by atoms with E-state index in [1.165, 1.54) is 6.42 Å². The molecule has 2 heteroatoms. The van der Waals surface area contributed by atoms with Gasteiger partial charge in [0.15, 0.2) is 0 Å². The molecular formula is C11H22O2. The van der Waals surface area contributed by atoms with E-state index in [1.807, 2.05) is 0 Å². The lowest BCUT2D eigenvalue weighted by molar-refractivity contribution is -0.0293. The molecule has 2 N–H and O–H groups in total. The molecule has 1 saturated carbocycles. The van der Waals surface area contributed by atoms with Gasteiger partial charge in [0.1, 0.15) is 0 Å². The molecule has 0 heterocycles. The molecule has 0 atom stereocenters. The van der Waals surface area contributed by atoms with Crippen LogP contribution >= 0.6 is 0 Å². The highest BCUT2D eigenvalue weighted by molar-refractivity contribution is 4.84. The molecule has 0 saturated heterocycles. The van der Waals surface area contributed by atoms with E-state index < -0.39 is 11.2 Å². The summed E-state index contributed by atoms with van der Waals surface area (Å²) in [5, 5.41) is 19.7. The Bertz CT molecular complexity index is 152. The number of hydrogen-bond acceptors (Lipinski definition) is 2. The molecule has 0 unspecified atom stereocenters. The Morgan fingerprint density at radius 2 is 1.69 bits per heavy atom. The van der Waals surface area contributed by atoms with E-state index in [0.717, 1.165) is 32.1 Å². The second-order valence-electron chi connectivity index (χ2n) is 5.10. The molecule has 78 valence electrons. The summed E-state index contributed by atoms with van der Waals surface area (Å²) in [7, 11) is 0. The van der Waals surface area contributed by atoms with E-state index in [1.54, 1.807) is 13.8 Å². The lowest BCUT2D eigenvalue weighted by Gasteiger charge is -2.34. The normalized spacial score (nSPS) is 23.1. The van der Waals surface area contributed by atoms with Crippen LogP contribution in [0.5, 0.6) is 0 Å². The molecule has 1 aliphatic rings. The lowest BCUT2D eigenvalue weighted by Crippen LogP contribution is -2.34. The van der Waals surface area contributed by atoms with Crippen LogP contribution in [0.3, 0.4) is 0 Å². The van der Waals surface area contributed by atoms with Crippen molar-refractivity contribution in [2.45, 2.75) is 70.0 Å². The lowest BCUT2D eigenvalue weighted by atomic mass is 9.80. The molecule has 0 aliphatic heterocycles. The molecule has 13 heavy (non-hydrogen) atoms.